The first-order valence-corrected chi connectivity index (χ1v) is 10.8. The smallest absolute Gasteiger partial charge is 0.284 e. The number of fused-ring (bicyclic) bond motifs is 1. The lowest BCUT2D eigenvalue weighted by molar-refractivity contribution is 0.288. The van der Waals surface area contributed by atoms with Crippen LogP contribution in [0.25, 0.3) is 21.9 Å². The van der Waals surface area contributed by atoms with Crippen molar-refractivity contribution >= 4 is 33.3 Å². The lowest BCUT2D eigenvalue weighted by atomic mass is 10.2. The van der Waals surface area contributed by atoms with E-state index in [1.54, 1.807) is 29.7 Å². The van der Waals surface area contributed by atoms with E-state index in [-0.39, 0.29) is 0 Å². The standard InChI is InChI=1S/C19H21N5O2S2/c1-5-24(6-2)10-14-20-17-15(11(3)12(4)27-17)18(21-14)28-19-23-22-16(26-19)13-8-7-9-25-13/h7-9H,5-6,10H2,1-4H3. The monoisotopic (exact) mass is 415 g/mol. The first-order chi connectivity index (χ1) is 13.6. The second-order valence-corrected chi connectivity index (χ2v) is 8.47. The summed E-state index contributed by atoms with van der Waals surface area (Å²) in [5.41, 5.74) is 1.20. The molecule has 0 fully saturated rings. The van der Waals surface area contributed by atoms with Gasteiger partial charge in [0.25, 0.3) is 11.1 Å². The fourth-order valence-corrected chi connectivity index (χ4v) is 4.86. The zero-order chi connectivity index (χ0) is 19.7. The minimum Gasteiger partial charge on any atom is -0.459 e. The Bertz CT molecular complexity index is 1080. The number of hydrogen-bond acceptors (Lipinski definition) is 9. The summed E-state index contributed by atoms with van der Waals surface area (Å²) in [6.07, 6.45) is 1.58. The molecular weight excluding hydrogens is 394 g/mol. The van der Waals surface area contributed by atoms with Gasteiger partial charge < -0.3 is 8.83 Å². The highest BCUT2D eigenvalue weighted by atomic mass is 32.2. The highest BCUT2D eigenvalue weighted by Crippen LogP contribution is 2.38. The molecule has 0 aliphatic heterocycles. The first kappa shape index (κ1) is 19.1. The van der Waals surface area contributed by atoms with Crippen LogP contribution in [0, 0.1) is 13.8 Å². The van der Waals surface area contributed by atoms with E-state index in [0.29, 0.717) is 23.4 Å². The quantitative estimate of drug-likeness (QED) is 0.392. The van der Waals surface area contributed by atoms with Crippen molar-refractivity contribution in [2.24, 2.45) is 0 Å². The molecule has 0 saturated heterocycles. The maximum absolute atomic E-state index is 5.77. The maximum Gasteiger partial charge on any atom is 0.284 e. The summed E-state index contributed by atoms with van der Waals surface area (Å²) in [6.45, 7) is 11.1. The highest BCUT2D eigenvalue weighted by Gasteiger charge is 2.19. The minimum absolute atomic E-state index is 0.361. The number of nitrogens with zero attached hydrogens (tertiary/aromatic N) is 5. The molecule has 0 unspecified atom stereocenters. The molecule has 28 heavy (non-hydrogen) atoms. The summed E-state index contributed by atoms with van der Waals surface area (Å²) in [4.78, 5) is 14.2. The Hall–Kier alpha value is -2.23. The van der Waals surface area contributed by atoms with Gasteiger partial charge in [-0.3, -0.25) is 4.90 Å². The Balaban J connectivity index is 1.72. The molecule has 4 aromatic heterocycles. The summed E-state index contributed by atoms with van der Waals surface area (Å²) in [5, 5.41) is 10.6. The normalized spacial score (nSPS) is 11.8. The van der Waals surface area contributed by atoms with E-state index in [0.717, 1.165) is 34.2 Å². The number of rotatable bonds is 7. The zero-order valence-corrected chi connectivity index (χ0v) is 17.9. The number of aromatic nitrogens is 4. The van der Waals surface area contributed by atoms with Gasteiger partial charge in [-0.25, -0.2) is 9.97 Å². The third-order valence-corrected chi connectivity index (χ3v) is 6.55. The average molecular weight is 416 g/mol. The van der Waals surface area contributed by atoms with Crippen LogP contribution in [0.1, 0.15) is 30.1 Å². The molecule has 4 aromatic rings. The van der Waals surface area contributed by atoms with E-state index < -0.39 is 0 Å². The van der Waals surface area contributed by atoms with Gasteiger partial charge in [-0.05, 0) is 56.4 Å². The van der Waals surface area contributed by atoms with E-state index in [1.165, 1.54) is 22.2 Å². The number of thiophene rings is 1. The van der Waals surface area contributed by atoms with Crippen LogP contribution in [0.5, 0.6) is 0 Å². The van der Waals surface area contributed by atoms with Crippen LogP contribution in [0.2, 0.25) is 0 Å². The van der Waals surface area contributed by atoms with Gasteiger partial charge in [-0.2, -0.15) is 0 Å². The van der Waals surface area contributed by atoms with Gasteiger partial charge in [0.15, 0.2) is 5.76 Å². The van der Waals surface area contributed by atoms with Crippen LogP contribution >= 0.6 is 23.1 Å². The molecule has 0 amide bonds. The Kier molecular flexibility index (Phi) is 5.47. The Labute approximate surface area is 171 Å². The fraction of sp³-hybridized carbons (Fsp3) is 0.368. The molecule has 9 heteroatoms. The molecule has 7 nitrogen and oxygen atoms in total. The number of aryl methyl sites for hydroxylation is 2. The van der Waals surface area contributed by atoms with E-state index in [4.69, 9.17) is 18.8 Å². The molecule has 146 valence electrons. The van der Waals surface area contributed by atoms with Crippen LogP contribution in [0.3, 0.4) is 0 Å². The lowest BCUT2D eigenvalue weighted by Gasteiger charge is -2.17. The van der Waals surface area contributed by atoms with Gasteiger partial charge in [-0.15, -0.1) is 21.5 Å². The topological polar surface area (TPSA) is 81.1 Å². The molecule has 0 atom stereocenters. The predicted octanol–water partition coefficient (Wildman–Crippen LogP) is 4.94. The summed E-state index contributed by atoms with van der Waals surface area (Å²) in [6, 6.07) is 3.58. The molecule has 0 N–H and O–H groups in total. The van der Waals surface area contributed by atoms with Crippen LogP contribution in [-0.2, 0) is 6.54 Å². The SMILES string of the molecule is CCN(CC)Cc1nc(Sc2nnc(-c3ccco3)o2)c2c(C)c(C)sc2n1. The summed E-state index contributed by atoms with van der Waals surface area (Å²) < 4.78 is 11.1. The predicted molar refractivity (Wildman–Crippen MR) is 110 cm³/mol. The van der Waals surface area contributed by atoms with Crippen molar-refractivity contribution < 1.29 is 8.83 Å². The van der Waals surface area contributed by atoms with Crippen molar-refractivity contribution in [1.29, 1.82) is 0 Å². The molecular formula is C19H21N5O2S2. The molecule has 0 radical (unpaired) electrons. The van der Waals surface area contributed by atoms with Crippen LogP contribution in [0.4, 0.5) is 0 Å². The summed E-state index contributed by atoms with van der Waals surface area (Å²) in [7, 11) is 0. The van der Waals surface area contributed by atoms with Crippen molar-refractivity contribution in [1.82, 2.24) is 25.1 Å². The van der Waals surface area contributed by atoms with Crippen LogP contribution in [0.15, 0.2) is 37.5 Å². The minimum atomic E-state index is 0.361. The average Bonchev–Trinajstić information content (AvgIpc) is 3.41. The second-order valence-electron chi connectivity index (χ2n) is 6.32. The molecule has 0 saturated carbocycles. The van der Waals surface area contributed by atoms with E-state index in [1.807, 2.05) is 0 Å². The van der Waals surface area contributed by atoms with Gasteiger partial charge in [0.05, 0.1) is 12.8 Å². The molecule has 4 rings (SSSR count). The van der Waals surface area contributed by atoms with Crippen molar-refractivity contribution in [2.45, 2.75) is 44.5 Å². The van der Waals surface area contributed by atoms with Gasteiger partial charge in [0.2, 0.25) is 0 Å². The fourth-order valence-electron chi connectivity index (χ4n) is 2.88. The largest absolute Gasteiger partial charge is 0.459 e. The molecule has 4 heterocycles. The zero-order valence-electron chi connectivity index (χ0n) is 16.2. The van der Waals surface area contributed by atoms with Gasteiger partial charge in [0, 0.05) is 10.3 Å². The van der Waals surface area contributed by atoms with E-state index >= 15 is 0 Å². The van der Waals surface area contributed by atoms with Gasteiger partial charge >= 0.3 is 0 Å². The number of furan rings is 1. The summed E-state index contributed by atoms with van der Waals surface area (Å²) in [5.74, 6) is 1.72. The second kappa shape index (κ2) is 8.02. The van der Waals surface area contributed by atoms with Crippen molar-refractivity contribution in [3.8, 4) is 11.7 Å². The highest BCUT2D eigenvalue weighted by molar-refractivity contribution is 7.99. The van der Waals surface area contributed by atoms with Crippen molar-refractivity contribution in [2.75, 3.05) is 13.1 Å². The molecule has 0 bridgehead atoms. The van der Waals surface area contributed by atoms with Crippen LogP contribution in [-0.4, -0.2) is 38.2 Å². The van der Waals surface area contributed by atoms with E-state index in [9.17, 15) is 0 Å². The van der Waals surface area contributed by atoms with Gasteiger partial charge in [-0.1, -0.05) is 13.8 Å². The van der Waals surface area contributed by atoms with Crippen molar-refractivity contribution in [3.63, 3.8) is 0 Å². The van der Waals surface area contributed by atoms with Gasteiger partial charge in [0.1, 0.15) is 15.7 Å². The number of hydrogen-bond donors (Lipinski definition) is 0. The molecule has 0 spiro atoms. The third-order valence-electron chi connectivity index (χ3n) is 4.62. The Morgan fingerprint density at radius 3 is 2.68 bits per heavy atom. The Morgan fingerprint density at radius 1 is 1.14 bits per heavy atom. The van der Waals surface area contributed by atoms with E-state index in [2.05, 4.69) is 42.8 Å². The van der Waals surface area contributed by atoms with Crippen LogP contribution < -0.4 is 0 Å². The van der Waals surface area contributed by atoms with Crippen molar-refractivity contribution in [3.05, 3.63) is 34.7 Å². The summed E-state index contributed by atoms with van der Waals surface area (Å²) >= 11 is 3.07. The molecule has 0 aliphatic rings. The lowest BCUT2D eigenvalue weighted by Crippen LogP contribution is -2.23. The molecule has 0 aliphatic carbocycles. The Morgan fingerprint density at radius 2 is 1.96 bits per heavy atom. The molecule has 0 aromatic carbocycles. The maximum atomic E-state index is 5.77. The third kappa shape index (κ3) is 3.69. The first-order valence-electron chi connectivity index (χ1n) is 9.13.